The highest BCUT2D eigenvalue weighted by Crippen LogP contribution is 2.27. The van der Waals surface area contributed by atoms with Gasteiger partial charge in [-0.2, -0.15) is 0 Å². The summed E-state index contributed by atoms with van der Waals surface area (Å²) < 4.78 is 25.8. The van der Waals surface area contributed by atoms with Crippen LogP contribution in [0.3, 0.4) is 0 Å². The Morgan fingerprint density at radius 2 is 1.11 bits per heavy atom. The van der Waals surface area contributed by atoms with Crippen molar-refractivity contribution in [2.24, 2.45) is 0 Å². The van der Waals surface area contributed by atoms with Crippen LogP contribution in [-0.2, 0) is 23.7 Å². The molecule has 0 aromatic heterocycles. The monoisotopic (exact) mass is 414 g/mol. The molecule has 3 saturated heterocycles. The van der Waals surface area contributed by atoms with Gasteiger partial charge in [0.05, 0.1) is 19.8 Å². The lowest BCUT2D eigenvalue weighted by Crippen LogP contribution is -2.62. The van der Waals surface area contributed by atoms with Gasteiger partial charge in [0.2, 0.25) is 0 Å². The molecule has 12 atom stereocenters. The van der Waals surface area contributed by atoms with E-state index in [0.29, 0.717) is 0 Å². The molecule has 1 unspecified atom stereocenters. The summed E-state index contributed by atoms with van der Waals surface area (Å²) >= 11 is 0. The lowest BCUT2D eigenvalue weighted by Gasteiger charge is -2.43. The molecule has 0 saturated carbocycles. The van der Waals surface area contributed by atoms with Gasteiger partial charge in [-0.3, -0.25) is 0 Å². The Balaban J connectivity index is 1.57. The summed E-state index contributed by atoms with van der Waals surface area (Å²) in [5.41, 5.74) is 0. The largest absolute Gasteiger partial charge is 0.388 e. The topological polar surface area (TPSA) is 208 Å². The Kier molecular flexibility index (Phi) is 7.20. The molecule has 0 aliphatic carbocycles. The Morgan fingerprint density at radius 3 is 1.82 bits per heavy atom. The van der Waals surface area contributed by atoms with Crippen molar-refractivity contribution >= 4 is 0 Å². The first-order valence-electron chi connectivity index (χ1n) is 8.81. The van der Waals surface area contributed by atoms with Crippen molar-refractivity contribution < 1.29 is 64.5 Å². The second-order valence-electron chi connectivity index (χ2n) is 6.99. The van der Waals surface area contributed by atoms with Crippen molar-refractivity contribution in [1.82, 2.24) is 0 Å². The standard InChI is InChI=1S/C15H26O13/c16-4-1-25-14(9(20)7(4)18)27-6-3-26-15(10(21)8(6)19)28-12-5(17)2-24-13(23)11(12)22/h4-23H,1-3H2/t4-,5-,6-,7+,8+,9-,10-,11-,12+,13?,14+,15+/m1/s1. The van der Waals surface area contributed by atoms with Gasteiger partial charge in [0.1, 0.15) is 54.9 Å². The number of hydrogen-bond donors (Lipinski definition) is 8. The Bertz CT molecular complexity index is 508. The molecule has 3 fully saturated rings. The zero-order valence-corrected chi connectivity index (χ0v) is 14.7. The first-order chi connectivity index (χ1) is 13.2. The van der Waals surface area contributed by atoms with Gasteiger partial charge in [0, 0.05) is 0 Å². The van der Waals surface area contributed by atoms with E-state index in [4.69, 9.17) is 23.7 Å². The van der Waals surface area contributed by atoms with Crippen LogP contribution in [0.25, 0.3) is 0 Å². The summed E-state index contributed by atoms with van der Waals surface area (Å²) in [5, 5.41) is 78.7. The first-order valence-corrected chi connectivity index (χ1v) is 8.81. The van der Waals surface area contributed by atoms with Gasteiger partial charge in [0.25, 0.3) is 0 Å². The molecule has 0 aromatic rings. The van der Waals surface area contributed by atoms with Crippen LogP contribution in [0.2, 0.25) is 0 Å². The quantitative estimate of drug-likeness (QED) is 0.216. The van der Waals surface area contributed by atoms with E-state index >= 15 is 0 Å². The summed E-state index contributed by atoms with van der Waals surface area (Å²) in [7, 11) is 0. The second kappa shape index (κ2) is 9.09. The zero-order valence-electron chi connectivity index (χ0n) is 14.7. The first kappa shape index (κ1) is 22.2. The van der Waals surface area contributed by atoms with Crippen molar-refractivity contribution in [3.05, 3.63) is 0 Å². The van der Waals surface area contributed by atoms with E-state index < -0.39 is 73.8 Å². The molecule has 3 aliphatic heterocycles. The maximum atomic E-state index is 10.3. The van der Waals surface area contributed by atoms with E-state index in [9.17, 15) is 40.9 Å². The van der Waals surface area contributed by atoms with Gasteiger partial charge in [-0.1, -0.05) is 0 Å². The number of hydrogen-bond acceptors (Lipinski definition) is 13. The van der Waals surface area contributed by atoms with Crippen molar-refractivity contribution in [3.8, 4) is 0 Å². The van der Waals surface area contributed by atoms with Gasteiger partial charge in [-0.15, -0.1) is 0 Å². The highest BCUT2D eigenvalue weighted by atomic mass is 16.7. The van der Waals surface area contributed by atoms with Gasteiger partial charge in [-0.25, -0.2) is 0 Å². The molecule has 3 aliphatic rings. The molecule has 13 nitrogen and oxygen atoms in total. The van der Waals surface area contributed by atoms with E-state index in [1.165, 1.54) is 0 Å². The van der Waals surface area contributed by atoms with Crippen LogP contribution in [0.1, 0.15) is 0 Å². The van der Waals surface area contributed by atoms with E-state index in [-0.39, 0.29) is 19.8 Å². The SMILES string of the molecule is OC1OC[C@@H](O)[C@H](O[C@@H]2OC[C@@H](O[C@@H]3OC[C@@H](O)[C@H](O)[C@H]3O)[C@H](O)[C@H]2O)[C@H]1O. The predicted octanol–water partition coefficient (Wildman–Crippen LogP) is -5.66. The second-order valence-corrected chi connectivity index (χ2v) is 6.99. The minimum atomic E-state index is -1.67. The Morgan fingerprint density at radius 1 is 0.536 bits per heavy atom. The average Bonchev–Trinajstić information content (AvgIpc) is 2.67. The molecular formula is C15H26O13. The molecule has 13 heteroatoms. The number of aliphatic hydroxyl groups is 8. The molecule has 164 valence electrons. The van der Waals surface area contributed by atoms with Crippen LogP contribution in [0.4, 0.5) is 0 Å². The van der Waals surface area contributed by atoms with E-state index in [0.717, 1.165) is 0 Å². The third-order valence-electron chi connectivity index (χ3n) is 4.93. The van der Waals surface area contributed by atoms with Gasteiger partial charge >= 0.3 is 0 Å². The highest BCUT2D eigenvalue weighted by molar-refractivity contribution is 4.90. The fourth-order valence-electron chi connectivity index (χ4n) is 3.19. The summed E-state index contributed by atoms with van der Waals surface area (Å²) in [5.74, 6) is 0. The maximum Gasteiger partial charge on any atom is 0.186 e. The van der Waals surface area contributed by atoms with Crippen LogP contribution in [0.15, 0.2) is 0 Å². The third-order valence-corrected chi connectivity index (χ3v) is 4.93. The van der Waals surface area contributed by atoms with Crippen molar-refractivity contribution in [2.45, 2.75) is 73.8 Å². The molecule has 28 heavy (non-hydrogen) atoms. The smallest absolute Gasteiger partial charge is 0.186 e. The molecule has 3 heterocycles. The highest BCUT2D eigenvalue weighted by Gasteiger charge is 2.47. The van der Waals surface area contributed by atoms with Crippen molar-refractivity contribution in [3.63, 3.8) is 0 Å². The van der Waals surface area contributed by atoms with Gasteiger partial charge in [-0.05, 0) is 0 Å². The Labute approximate surface area is 159 Å². The van der Waals surface area contributed by atoms with Crippen LogP contribution in [0.5, 0.6) is 0 Å². The maximum absolute atomic E-state index is 10.3. The Hall–Kier alpha value is -0.520. The van der Waals surface area contributed by atoms with Gasteiger partial charge in [0.15, 0.2) is 18.9 Å². The fourth-order valence-corrected chi connectivity index (χ4v) is 3.19. The summed E-state index contributed by atoms with van der Waals surface area (Å²) in [4.78, 5) is 0. The van der Waals surface area contributed by atoms with Crippen LogP contribution in [0, 0.1) is 0 Å². The van der Waals surface area contributed by atoms with Crippen molar-refractivity contribution in [2.75, 3.05) is 19.8 Å². The summed E-state index contributed by atoms with van der Waals surface area (Å²) in [6.45, 7) is -0.945. The third kappa shape index (κ3) is 4.46. The summed E-state index contributed by atoms with van der Waals surface area (Å²) in [6.07, 6.45) is -17.5. The molecule has 0 radical (unpaired) electrons. The zero-order chi connectivity index (χ0) is 20.6. The minimum absolute atomic E-state index is 0.303. The molecule has 0 bridgehead atoms. The average molecular weight is 414 g/mol. The molecular weight excluding hydrogens is 388 g/mol. The van der Waals surface area contributed by atoms with E-state index in [1.807, 2.05) is 0 Å². The number of aliphatic hydroxyl groups excluding tert-OH is 8. The molecule has 0 aromatic carbocycles. The predicted molar refractivity (Wildman–Crippen MR) is 83.2 cm³/mol. The lowest BCUT2D eigenvalue weighted by atomic mass is 10.0. The van der Waals surface area contributed by atoms with Crippen LogP contribution >= 0.6 is 0 Å². The number of ether oxygens (including phenoxy) is 5. The fraction of sp³-hybridized carbons (Fsp3) is 1.00. The van der Waals surface area contributed by atoms with Crippen LogP contribution < -0.4 is 0 Å². The molecule has 0 amide bonds. The van der Waals surface area contributed by atoms with E-state index in [2.05, 4.69) is 0 Å². The normalized spacial score (nSPS) is 53.1. The summed E-state index contributed by atoms with van der Waals surface area (Å²) in [6, 6.07) is 0. The molecule has 0 spiro atoms. The lowest BCUT2D eigenvalue weighted by molar-refractivity contribution is -0.350. The van der Waals surface area contributed by atoms with E-state index in [1.54, 1.807) is 0 Å². The van der Waals surface area contributed by atoms with Crippen molar-refractivity contribution in [1.29, 1.82) is 0 Å². The van der Waals surface area contributed by atoms with Gasteiger partial charge < -0.3 is 64.5 Å². The van der Waals surface area contributed by atoms with Crippen LogP contribution in [-0.4, -0.2) is 134 Å². The number of rotatable bonds is 4. The molecule has 8 N–H and O–H groups in total. The molecule has 3 rings (SSSR count). The minimum Gasteiger partial charge on any atom is -0.388 e.